The molecule has 0 N–H and O–H groups in total. The molecule has 294 valence electrons. The molecule has 1 nitrogen and oxygen atoms in total. The van der Waals surface area contributed by atoms with E-state index in [0.29, 0.717) is 0 Å². The van der Waals surface area contributed by atoms with Gasteiger partial charge in [0.1, 0.15) is 11.2 Å². The molecule has 0 aliphatic heterocycles. The van der Waals surface area contributed by atoms with Crippen LogP contribution in [0.2, 0.25) is 0 Å². The van der Waals surface area contributed by atoms with E-state index in [1.54, 1.807) is 0 Å². The molecule has 15 rings (SSSR count). The van der Waals surface area contributed by atoms with Crippen LogP contribution in [0, 0.1) is 0 Å². The number of rotatable bonds is 2. The number of fused-ring (bicyclic) bond motifs is 20. The Morgan fingerprint density at radius 1 is 0.266 bits per heavy atom. The van der Waals surface area contributed by atoms with E-state index in [4.69, 9.17) is 4.42 Å². The van der Waals surface area contributed by atoms with Crippen LogP contribution >= 0.6 is 0 Å². The summed E-state index contributed by atoms with van der Waals surface area (Å²) in [4.78, 5) is 0. The molecular weight excluding hydrogens is 773 g/mol. The highest BCUT2D eigenvalue weighted by molar-refractivity contribution is 6.23. The van der Waals surface area contributed by atoms with Crippen molar-refractivity contribution in [1.82, 2.24) is 0 Å². The Morgan fingerprint density at radius 3 is 1.38 bits per heavy atom. The maximum atomic E-state index is 6.47. The molecule has 0 amide bonds. The summed E-state index contributed by atoms with van der Waals surface area (Å²) in [6.45, 7) is 0. The molecule has 1 aromatic heterocycles. The second-order valence-corrected chi connectivity index (χ2v) is 17.8. The summed E-state index contributed by atoms with van der Waals surface area (Å²) in [5.41, 5.74) is 17.1. The van der Waals surface area contributed by atoms with E-state index in [-0.39, 0.29) is 0 Å². The smallest absolute Gasteiger partial charge is 0.136 e. The quantitative estimate of drug-likeness (QED) is 0.159. The fourth-order valence-corrected chi connectivity index (χ4v) is 12.3. The summed E-state index contributed by atoms with van der Waals surface area (Å²) < 4.78 is 6.47. The molecule has 2 aliphatic carbocycles. The number of furan rings is 1. The first-order valence-electron chi connectivity index (χ1n) is 22.3. The molecule has 0 atom stereocenters. The highest BCUT2D eigenvalue weighted by Crippen LogP contribution is 2.65. The first-order chi connectivity index (χ1) is 31.7. The van der Waals surface area contributed by atoms with Crippen molar-refractivity contribution in [2.24, 2.45) is 0 Å². The zero-order valence-electron chi connectivity index (χ0n) is 34.7. The Kier molecular flexibility index (Phi) is 6.67. The van der Waals surface area contributed by atoms with Gasteiger partial charge in [-0.05, 0) is 151 Å². The van der Waals surface area contributed by atoms with Crippen molar-refractivity contribution in [3.05, 3.63) is 241 Å². The molecule has 1 heterocycles. The van der Waals surface area contributed by atoms with E-state index in [2.05, 4.69) is 218 Å². The van der Waals surface area contributed by atoms with Crippen molar-refractivity contribution in [2.75, 3.05) is 0 Å². The van der Waals surface area contributed by atoms with Crippen LogP contribution in [-0.2, 0) is 5.41 Å². The Bertz CT molecular complexity index is 4100. The van der Waals surface area contributed by atoms with E-state index in [0.717, 1.165) is 21.9 Å². The summed E-state index contributed by atoms with van der Waals surface area (Å²) in [6.07, 6.45) is 0. The van der Waals surface area contributed by atoms with Gasteiger partial charge in [0.15, 0.2) is 0 Å². The summed E-state index contributed by atoms with van der Waals surface area (Å²) in [7, 11) is 0. The van der Waals surface area contributed by atoms with Crippen molar-refractivity contribution in [2.45, 2.75) is 5.41 Å². The van der Waals surface area contributed by atoms with Crippen molar-refractivity contribution in [3.63, 3.8) is 0 Å². The lowest BCUT2D eigenvalue weighted by Gasteiger charge is -2.32. The van der Waals surface area contributed by atoms with Crippen LogP contribution in [0.5, 0.6) is 0 Å². The minimum Gasteiger partial charge on any atom is -0.456 e. The van der Waals surface area contributed by atoms with Crippen LogP contribution in [0.25, 0.3) is 120 Å². The topological polar surface area (TPSA) is 13.1 Å². The highest BCUT2D eigenvalue weighted by atomic mass is 16.3. The van der Waals surface area contributed by atoms with Gasteiger partial charge in [-0.2, -0.15) is 0 Å². The molecule has 64 heavy (non-hydrogen) atoms. The van der Waals surface area contributed by atoms with Gasteiger partial charge in [-0.3, -0.25) is 0 Å². The van der Waals surface area contributed by atoms with Crippen LogP contribution in [0.1, 0.15) is 22.3 Å². The van der Waals surface area contributed by atoms with Crippen LogP contribution < -0.4 is 0 Å². The standard InChI is InChI=1S/C63H36O/c1-2-15-39-36-58-54(34-38(39)14-1)53-35-42(28-32-57(53)64-58)60-49-21-7-5-19-47(49)59(48-20-6-8-22-50(48)60)41-27-29-44-40(33-41)26-31-52-51-30-25-37-13-3-4-16-43(37)61(51)63(62(44)52)55-23-11-9-17-45(55)46-18-10-12-24-56(46)63/h1-36H. The summed E-state index contributed by atoms with van der Waals surface area (Å²) in [5, 5.41) is 14.8. The third-order valence-electron chi connectivity index (χ3n) is 14.8. The second kappa shape index (κ2) is 12.4. The van der Waals surface area contributed by atoms with Gasteiger partial charge in [0.05, 0.1) is 5.41 Å². The van der Waals surface area contributed by atoms with Gasteiger partial charge >= 0.3 is 0 Å². The molecule has 0 unspecified atom stereocenters. The van der Waals surface area contributed by atoms with Gasteiger partial charge in [0, 0.05) is 10.8 Å². The van der Waals surface area contributed by atoms with Gasteiger partial charge in [0.25, 0.3) is 0 Å². The molecule has 1 heteroatoms. The monoisotopic (exact) mass is 808 g/mol. The third-order valence-corrected chi connectivity index (χ3v) is 14.8. The number of hydrogen-bond acceptors (Lipinski definition) is 1. The zero-order valence-corrected chi connectivity index (χ0v) is 34.7. The van der Waals surface area contributed by atoms with Crippen molar-refractivity contribution in [1.29, 1.82) is 0 Å². The Balaban J connectivity index is 0.981. The van der Waals surface area contributed by atoms with E-state index in [1.165, 1.54) is 121 Å². The van der Waals surface area contributed by atoms with Gasteiger partial charge in [-0.1, -0.05) is 188 Å². The average Bonchev–Trinajstić information content (AvgIpc) is 3.98. The lowest BCUT2D eigenvalue weighted by molar-refractivity contribution is 0.669. The van der Waals surface area contributed by atoms with Crippen LogP contribution in [0.4, 0.5) is 0 Å². The molecule has 2 aliphatic rings. The molecule has 1 spiro atoms. The fourth-order valence-electron chi connectivity index (χ4n) is 12.3. The molecule has 0 fully saturated rings. The predicted molar refractivity (Wildman–Crippen MR) is 268 cm³/mol. The summed E-state index contributed by atoms with van der Waals surface area (Å²) in [6, 6.07) is 81.7. The minimum absolute atomic E-state index is 0.463. The Labute approximate surface area is 369 Å². The molecular formula is C63H36O. The normalized spacial score (nSPS) is 13.4. The minimum atomic E-state index is -0.463. The maximum Gasteiger partial charge on any atom is 0.136 e. The predicted octanol–water partition coefficient (Wildman–Crippen LogP) is 17.0. The second-order valence-electron chi connectivity index (χ2n) is 17.8. The van der Waals surface area contributed by atoms with Crippen molar-refractivity contribution in [3.8, 4) is 44.5 Å². The summed E-state index contributed by atoms with van der Waals surface area (Å²) >= 11 is 0. The van der Waals surface area contributed by atoms with E-state index >= 15 is 0 Å². The van der Waals surface area contributed by atoms with Gasteiger partial charge < -0.3 is 4.42 Å². The molecule has 13 aromatic rings. The lowest BCUT2D eigenvalue weighted by Crippen LogP contribution is -2.26. The Hall–Kier alpha value is -8.26. The Morgan fingerprint density at radius 2 is 0.734 bits per heavy atom. The van der Waals surface area contributed by atoms with Gasteiger partial charge in [0.2, 0.25) is 0 Å². The van der Waals surface area contributed by atoms with E-state index in [1.807, 2.05) is 0 Å². The third kappa shape index (κ3) is 4.33. The van der Waals surface area contributed by atoms with Crippen molar-refractivity contribution < 1.29 is 4.42 Å². The van der Waals surface area contributed by atoms with Gasteiger partial charge in [-0.25, -0.2) is 0 Å². The molecule has 0 radical (unpaired) electrons. The molecule has 12 aromatic carbocycles. The first-order valence-corrected chi connectivity index (χ1v) is 22.3. The fraction of sp³-hybridized carbons (Fsp3) is 0.0159. The first kappa shape index (κ1) is 34.3. The largest absolute Gasteiger partial charge is 0.456 e. The maximum absolute atomic E-state index is 6.47. The van der Waals surface area contributed by atoms with Crippen molar-refractivity contribution >= 4 is 75.8 Å². The van der Waals surface area contributed by atoms with Crippen LogP contribution in [-0.4, -0.2) is 0 Å². The zero-order chi connectivity index (χ0) is 41.7. The SMILES string of the molecule is c1ccc2c(c1)-c1ccccc1C21c2c(ccc3ccccc23)-c2ccc3cc(-c4c5ccccc5c(-c5ccc6oc7cc8ccccc8cc7c6c5)c5ccccc45)ccc3c21. The van der Waals surface area contributed by atoms with Crippen LogP contribution in [0.3, 0.4) is 0 Å². The summed E-state index contributed by atoms with van der Waals surface area (Å²) in [5.74, 6) is 0. The van der Waals surface area contributed by atoms with Crippen LogP contribution in [0.15, 0.2) is 223 Å². The van der Waals surface area contributed by atoms with E-state index < -0.39 is 5.41 Å². The lowest BCUT2D eigenvalue weighted by atomic mass is 9.68. The number of hydrogen-bond donors (Lipinski definition) is 0. The van der Waals surface area contributed by atoms with Gasteiger partial charge in [-0.15, -0.1) is 0 Å². The highest BCUT2D eigenvalue weighted by Gasteiger charge is 2.53. The van der Waals surface area contributed by atoms with E-state index in [9.17, 15) is 0 Å². The number of benzene rings is 12. The molecule has 0 saturated heterocycles. The average molecular weight is 809 g/mol. The molecule has 0 bridgehead atoms. The molecule has 0 saturated carbocycles.